The summed E-state index contributed by atoms with van der Waals surface area (Å²) in [6.07, 6.45) is 5.36. The van der Waals surface area contributed by atoms with Gasteiger partial charge in [-0.3, -0.25) is 14.7 Å². The van der Waals surface area contributed by atoms with Crippen molar-refractivity contribution in [2.24, 2.45) is 0 Å². The molecule has 6 heteroatoms. The zero-order chi connectivity index (χ0) is 25.9. The smallest absolute Gasteiger partial charge is 0.246 e. The van der Waals surface area contributed by atoms with Crippen molar-refractivity contribution < 1.29 is 13.9 Å². The van der Waals surface area contributed by atoms with Gasteiger partial charge < -0.3 is 14.1 Å². The van der Waals surface area contributed by atoms with Gasteiger partial charge in [-0.1, -0.05) is 29.8 Å². The van der Waals surface area contributed by atoms with Gasteiger partial charge in [0.25, 0.3) is 0 Å². The second-order valence-electron chi connectivity index (χ2n) is 9.77. The third-order valence-electron chi connectivity index (χ3n) is 7.13. The molecule has 0 spiro atoms. The van der Waals surface area contributed by atoms with Crippen LogP contribution in [-0.2, 0) is 11.3 Å². The van der Waals surface area contributed by atoms with E-state index in [4.69, 9.17) is 9.15 Å². The van der Waals surface area contributed by atoms with E-state index in [2.05, 4.69) is 48.0 Å². The topological polar surface area (TPSA) is 58.8 Å². The number of benzene rings is 2. The number of hydrogen-bond donors (Lipinski definition) is 0. The number of pyridine rings is 1. The quantitative estimate of drug-likeness (QED) is 0.313. The largest absolute Gasteiger partial charge is 0.496 e. The average molecular weight is 496 g/mol. The second kappa shape index (κ2) is 10.6. The van der Waals surface area contributed by atoms with Gasteiger partial charge in [-0.05, 0) is 55.7 Å². The lowest BCUT2D eigenvalue weighted by molar-refractivity contribution is -0.127. The number of amides is 1. The molecule has 0 N–H and O–H groups in total. The van der Waals surface area contributed by atoms with Gasteiger partial charge in [-0.25, -0.2) is 0 Å². The molecule has 5 rings (SSSR count). The van der Waals surface area contributed by atoms with Crippen LogP contribution in [0.3, 0.4) is 0 Å². The highest BCUT2D eigenvalue weighted by Gasteiger charge is 2.21. The van der Waals surface area contributed by atoms with Gasteiger partial charge >= 0.3 is 0 Å². The highest BCUT2D eigenvalue weighted by atomic mass is 16.5. The summed E-state index contributed by atoms with van der Waals surface area (Å²) in [7, 11) is 1.65. The molecule has 6 nitrogen and oxygen atoms in total. The molecule has 1 amide bonds. The first-order valence-corrected chi connectivity index (χ1v) is 12.7. The molecular weight excluding hydrogens is 462 g/mol. The zero-order valence-electron chi connectivity index (χ0n) is 22.0. The number of aromatic nitrogens is 1. The Labute approximate surface area is 218 Å². The van der Waals surface area contributed by atoms with E-state index in [1.54, 1.807) is 19.4 Å². The Hall–Kier alpha value is -3.90. The molecule has 3 heterocycles. The van der Waals surface area contributed by atoms with E-state index in [0.29, 0.717) is 18.8 Å². The number of nitrogens with zero attached hydrogens (tertiary/aromatic N) is 3. The molecule has 2 aromatic carbocycles. The molecule has 1 saturated heterocycles. The normalized spacial score (nSPS) is 14.8. The van der Waals surface area contributed by atoms with Gasteiger partial charge in [0.05, 0.1) is 19.1 Å². The number of hydrogen-bond acceptors (Lipinski definition) is 5. The first kappa shape index (κ1) is 24.8. The maximum Gasteiger partial charge on any atom is 0.246 e. The van der Waals surface area contributed by atoms with Crippen molar-refractivity contribution in [2.45, 2.75) is 27.3 Å². The molecule has 0 radical (unpaired) electrons. The van der Waals surface area contributed by atoms with Gasteiger partial charge in [-0.15, -0.1) is 0 Å². The summed E-state index contributed by atoms with van der Waals surface area (Å²) in [6, 6.07) is 16.4. The standard InChI is InChI=1S/C31H33N3O3/c1-21-8-9-25(22(2)15-21)28-20-37-30-18-29(36-4)26(17-27(28)30)23(3)16-31(35)34-13-11-33(12-14-34)19-24-7-5-6-10-32-24/h5-10,15-18,20H,11-14,19H2,1-4H3/b23-16+. The molecule has 1 fully saturated rings. The summed E-state index contributed by atoms with van der Waals surface area (Å²) < 4.78 is 11.6. The number of aryl methyl sites for hydroxylation is 2. The second-order valence-corrected chi connectivity index (χ2v) is 9.77. The van der Waals surface area contributed by atoms with Gasteiger partial charge in [0.15, 0.2) is 0 Å². The third kappa shape index (κ3) is 5.30. The van der Waals surface area contributed by atoms with Crippen LogP contribution in [0.2, 0.25) is 0 Å². The Bertz CT molecular complexity index is 1450. The average Bonchev–Trinajstić information content (AvgIpc) is 3.31. The fourth-order valence-corrected chi connectivity index (χ4v) is 5.06. The molecule has 0 saturated carbocycles. The van der Waals surface area contributed by atoms with Crippen LogP contribution in [0.5, 0.6) is 5.75 Å². The summed E-state index contributed by atoms with van der Waals surface area (Å²) in [6.45, 7) is 10.1. The monoisotopic (exact) mass is 495 g/mol. The summed E-state index contributed by atoms with van der Waals surface area (Å²) in [5.74, 6) is 0.717. The summed E-state index contributed by atoms with van der Waals surface area (Å²) in [5.41, 5.74) is 8.19. The molecular formula is C31H33N3O3. The minimum Gasteiger partial charge on any atom is -0.496 e. The van der Waals surface area contributed by atoms with Crippen LogP contribution in [0, 0.1) is 13.8 Å². The van der Waals surface area contributed by atoms with E-state index in [1.807, 2.05) is 42.3 Å². The van der Waals surface area contributed by atoms with E-state index in [0.717, 1.165) is 58.6 Å². The molecule has 2 aromatic heterocycles. The Morgan fingerprint density at radius 3 is 2.57 bits per heavy atom. The number of furan rings is 1. The Kier molecular flexibility index (Phi) is 7.10. The number of piperazine rings is 1. The first-order chi connectivity index (χ1) is 17.9. The van der Waals surface area contributed by atoms with Crippen LogP contribution >= 0.6 is 0 Å². The van der Waals surface area contributed by atoms with Crippen molar-refractivity contribution in [3.05, 3.63) is 89.5 Å². The first-order valence-electron chi connectivity index (χ1n) is 12.7. The molecule has 0 bridgehead atoms. The minimum absolute atomic E-state index is 0.0268. The molecule has 37 heavy (non-hydrogen) atoms. The number of allylic oxidation sites excluding steroid dienone is 1. The van der Waals surface area contributed by atoms with Crippen molar-refractivity contribution in [1.82, 2.24) is 14.8 Å². The van der Waals surface area contributed by atoms with Crippen molar-refractivity contribution >= 4 is 22.4 Å². The van der Waals surface area contributed by atoms with Crippen LogP contribution < -0.4 is 4.74 Å². The number of carbonyl (C=O) groups is 1. The van der Waals surface area contributed by atoms with Gasteiger partial charge in [0.2, 0.25) is 5.91 Å². The van der Waals surface area contributed by atoms with Gasteiger partial charge in [0, 0.05) is 67.6 Å². The fraction of sp³-hybridized carbons (Fsp3) is 0.290. The molecule has 0 unspecified atom stereocenters. The summed E-state index contributed by atoms with van der Waals surface area (Å²) in [4.78, 5) is 21.9. The molecule has 4 aromatic rings. The molecule has 1 aliphatic rings. The summed E-state index contributed by atoms with van der Waals surface area (Å²) >= 11 is 0. The number of carbonyl (C=O) groups excluding carboxylic acids is 1. The third-order valence-corrected chi connectivity index (χ3v) is 7.13. The molecule has 0 aliphatic carbocycles. The fourth-order valence-electron chi connectivity index (χ4n) is 5.06. The maximum absolute atomic E-state index is 13.2. The van der Waals surface area contributed by atoms with E-state index in [9.17, 15) is 4.79 Å². The number of rotatable bonds is 6. The van der Waals surface area contributed by atoms with Gasteiger partial charge in [0.1, 0.15) is 11.3 Å². The minimum atomic E-state index is 0.0268. The van der Waals surface area contributed by atoms with Gasteiger partial charge in [-0.2, -0.15) is 0 Å². The van der Waals surface area contributed by atoms with Crippen molar-refractivity contribution in [2.75, 3.05) is 33.3 Å². The zero-order valence-corrected chi connectivity index (χ0v) is 22.0. The van der Waals surface area contributed by atoms with Crippen LogP contribution in [0.25, 0.3) is 27.7 Å². The number of fused-ring (bicyclic) bond motifs is 1. The lowest BCUT2D eigenvalue weighted by atomic mass is 9.96. The Morgan fingerprint density at radius 2 is 1.86 bits per heavy atom. The molecule has 190 valence electrons. The SMILES string of the molecule is COc1cc2occ(-c3ccc(C)cc3C)c2cc1/C(C)=C/C(=O)N1CCN(Cc2ccccn2)CC1. The Balaban J connectivity index is 1.36. The van der Waals surface area contributed by atoms with E-state index >= 15 is 0 Å². The van der Waals surface area contributed by atoms with E-state index in [1.165, 1.54) is 11.1 Å². The van der Waals surface area contributed by atoms with Crippen LogP contribution in [0.1, 0.15) is 29.3 Å². The highest BCUT2D eigenvalue weighted by Crippen LogP contribution is 2.38. The molecule has 1 aliphatic heterocycles. The van der Waals surface area contributed by atoms with Crippen LogP contribution in [0.4, 0.5) is 0 Å². The lowest BCUT2D eigenvalue weighted by Gasteiger charge is -2.34. The van der Waals surface area contributed by atoms with E-state index in [-0.39, 0.29) is 5.91 Å². The lowest BCUT2D eigenvalue weighted by Crippen LogP contribution is -2.47. The van der Waals surface area contributed by atoms with Crippen LogP contribution in [0.15, 0.2) is 71.5 Å². The van der Waals surface area contributed by atoms with Crippen LogP contribution in [-0.4, -0.2) is 54.0 Å². The van der Waals surface area contributed by atoms with Crippen molar-refractivity contribution in [3.63, 3.8) is 0 Å². The number of ether oxygens (including phenoxy) is 1. The number of methoxy groups -OCH3 is 1. The maximum atomic E-state index is 13.2. The summed E-state index contributed by atoms with van der Waals surface area (Å²) in [5, 5.41) is 1.01. The predicted molar refractivity (Wildman–Crippen MR) is 147 cm³/mol. The van der Waals surface area contributed by atoms with Crippen molar-refractivity contribution in [1.29, 1.82) is 0 Å². The Morgan fingerprint density at radius 1 is 1.05 bits per heavy atom. The highest BCUT2D eigenvalue weighted by molar-refractivity contribution is 6.00. The van der Waals surface area contributed by atoms with Crippen molar-refractivity contribution in [3.8, 4) is 16.9 Å². The predicted octanol–water partition coefficient (Wildman–Crippen LogP) is 5.87. The van der Waals surface area contributed by atoms with E-state index < -0.39 is 0 Å². The molecule has 0 atom stereocenters.